The third-order valence-electron chi connectivity index (χ3n) is 9.17. The van der Waals surface area contributed by atoms with E-state index in [4.69, 9.17) is 11.6 Å². The molecule has 0 bridgehead atoms. The van der Waals surface area contributed by atoms with Gasteiger partial charge < -0.3 is 5.32 Å². The zero-order chi connectivity index (χ0) is 27.7. The lowest BCUT2D eigenvalue weighted by Gasteiger charge is -2.41. The van der Waals surface area contributed by atoms with Crippen LogP contribution in [0, 0.1) is 11.7 Å². The number of hydrogen-bond acceptors (Lipinski definition) is 4. The van der Waals surface area contributed by atoms with Crippen molar-refractivity contribution in [2.45, 2.75) is 60.4 Å². The second-order valence-corrected chi connectivity index (χ2v) is 15.0. The fourth-order valence-corrected chi connectivity index (χ4v) is 10.2. The summed E-state index contributed by atoms with van der Waals surface area (Å²) < 4.78 is 43.7. The van der Waals surface area contributed by atoms with Gasteiger partial charge in [-0.2, -0.15) is 11.8 Å². The molecule has 1 saturated heterocycles. The van der Waals surface area contributed by atoms with E-state index in [0.717, 1.165) is 61.2 Å². The number of thioether (sulfide) groups is 1. The molecule has 4 aliphatic rings. The van der Waals surface area contributed by atoms with Gasteiger partial charge in [0.25, 0.3) is 15.9 Å². The Hall–Kier alpha value is -2.55. The Labute approximate surface area is 243 Å². The van der Waals surface area contributed by atoms with E-state index in [0.29, 0.717) is 16.3 Å². The molecule has 2 saturated carbocycles. The molecule has 5 nitrogen and oxygen atoms in total. The first-order valence-corrected chi connectivity index (χ1v) is 16.8. The largest absolute Gasteiger partial charge is 0.342 e. The van der Waals surface area contributed by atoms with Gasteiger partial charge in [-0.25, -0.2) is 12.8 Å². The number of anilines is 1. The van der Waals surface area contributed by atoms with Crippen molar-refractivity contribution in [2.75, 3.05) is 15.8 Å². The highest BCUT2D eigenvalue weighted by Crippen LogP contribution is 2.60. The minimum absolute atomic E-state index is 0.0879. The Bertz CT molecular complexity index is 1600. The van der Waals surface area contributed by atoms with Gasteiger partial charge in [-0.3, -0.25) is 9.10 Å². The van der Waals surface area contributed by atoms with E-state index in [1.165, 1.54) is 24.3 Å². The molecule has 3 aromatic rings. The smallest absolute Gasteiger partial charge is 0.264 e. The summed E-state index contributed by atoms with van der Waals surface area (Å²) in [5.41, 5.74) is 2.23. The lowest BCUT2D eigenvalue weighted by Crippen LogP contribution is -2.50. The molecule has 1 amide bonds. The van der Waals surface area contributed by atoms with Crippen molar-refractivity contribution in [2.24, 2.45) is 5.92 Å². The molecule has 3 fully saturated rings. The van der Waals surface area contributed by atoms with E-state index in [1.807, 2.05) is 48.2 Å². The summed E-state index contributed by atoms with van der Waals surface area (Å²) in [6.07, 6.45) is 5.32. The standard InChI is InChI=1S/C31H30ClFN2O3S2/c32-26-4-2-1-3-24(26)31(13-14-31)34-29(36)21-7-12-27-25(19-21)30(15-17-39-18-16-30)28(20-5-6-20)35(27)40(37,38)23-10-8-22(33)9-11-23/h1-4,7-12,19-20,28H,5-6,13-18H2,(H,34,36). The Morgan fingerprint density at radius 1 is 0.950 bits per heavy atom. The number of carbonyl (C=O) groups is 1. The predicted octanol–water partition coefficient (Wildman–Crippen LogP) is 6.65. The molecule has 1 atom stereocenters. The maximum Gasteiger partial charge on any atom is 0.264 e. The predicted molar refractivity (Wildman–Crippen MR) is 157 cm³/mol. The van der Waals surface area contributed by atoms with Crippen molar-refractivity contribution in [1.82, 2.24) is 5.32 Å². The molecule has 0 radical (unpaired) electrons. The van der Waals surface area contributed by atoms with Crippen molar-refractivity contribution in [3.8, 4) is 0 Å². The second-order valence-electron chi connectivity index (χ2n) is 11.6. The minimum Gasteiger partial charge on any atom is -0.342 e. The lowest BCUT2D eigenvalue weighted by molar-refractivity contribution is 0.0930. The van der Waals surface area contributed by atoms with Gasteiger partial charge in [-0.05, 0) is 116 Å². The fraction of sp³-hybridized carbons (Fsp3) is 0.387. The van der Waals surface area contributed by atoms with Crippen molar-refractivity contribution in [1.29, 1.82) is 0 Å². The highest BCUT2D eigenvalue weighted by Gasteiger charge is 2.59. The molecule has 1 N–H and O–H groups in total. The van der Waals surface area contributed by atoms with Gasteiger partial charge in [0, 0.05) is 16.0 Å². The molecule has 0 aromatic heterocycles. The highest BCUT2D eigenvalue weighted by molar-refractivity contribution is 7.99. The Balaban J connectivity index is 1.31. The Morgan fingerprint density at radius 3 is 2.30 bits per heavy atom. The molecule has 7 rings (SSSR count). The molecule has 2 heterocycles. The summed E-state index contributed by atoms with van der Waals surface area (Å²) in [4.78, 5) is 13.8. The SMILES string of the molecule is O=C(NC1(c2ccccc2Cl)CC1)c1ccc2c(c1)C1(CCSCC1)C(C1CC1)N2S(=O)(=O)c1ccc(F)cc1. The minimum atomic E-state index is -3.95. The summed E-state index contributed by atoms with van der Waals surface area (Å²) in [7, 11) is -3.95. The summed E-state index contributed by atoms with van der Waals surface area (Å²) in [6, 6.07) is 18.0. The van der Waals surface area contributed by atoms with Crippen LogP contribution < -0.4 is 9.62 Å². The number of rotatable bonds is 6. The summed E-state index contributed by atoms with van der Waals surface area (Å²) in [5, 5.41) is 3.89. The molecule has 1 spiro atoms. The Morgan fingerprint density at radius 2 is 1.65 bits per heavy atom. The van der Waals surface area contributed by atoms with Gasteiger partial charge in [0.2, 0.25) is 0 Å². The van der Waals surface area contributed by atoms with E-state index in [1.54, 1.807) is 10.4 Å². The van der Waals surface area contributed by atoms with Crippen LogP contribution in [0.15, 0.2) is 71.6 Å². The zero-order valence-electron chi connectivity index (χ0n) is 21.9. The van der Waals surface area contributed by atoms with Gasteiger partial charge >= 0.3 is 0 Å². The summed E-state index contributed by atoms with van der Waals surface area (Å²) >= 11 is 8.38. The second kappa shape index (κ2) is 9.50. The van der Waals surface area contributed by atoms with E-state index >= 15 is 0 Å². The van der Waals surface area contributed by atoms with Crippen LogP contribution in [0.25, 0.3) is 0 Å². The monoisotopic (exact) mass is 596 g/mol. The number of nitrogens with zero attached hydrogens (tertiary/aromatic N) is 1. The third kappa shape index (κ3) is 4.17. The molecule has 40 heavy (non-hydrogen) atoms. The van der Waals surface area contributed by atoms with E-state index < -0.39 is 21.4 Å². The van der Waals surface area contributed by atoms with Crippen LogP contribution in [0.3, 0.4) is 0 Å². The van der Waals surface area contributed by atoms with Crippen molar-refractivity contribution in [3.63, 3.8) is 0 Å². The van der Waals surface area contributed by atoms with Crippen LogP contribution in [0.1, 0.15) is 60.0 Å². The number of carbonyl (C=O) groups excluding carboxylic acids is 1. The van der Waals surface area contributed by atoms with E-state index in [2.05, 4.69) is 5.32 Å². The first-order chi connectivity index (χ1) is 19.3. The third-order valence-corrected chi connectivity index (χ3v) is 12.3. The van der Waals surface area contributed by atoms with E-state index in [9.17, 15) is 17.6 Å². The molecular weight excluding hydrogens is 567 g/mol. The van der Waals surface area contributed by atoms with Gasteiger partial charge in [0.15, 0.2) is 0 Å². The average Bonchev–Trinajstić information content (AvgIpc) is 3.89. The number of amides is 1. The molecule has 1 unspecified atom stereocenters. The van der Waals surface area contributed by atoms with Crippen LogP contribution in [-0.4, -0.2) is 31.9 Å². The first kappa shape index (κ1) is 26.4. The lowest BCUT2D eigenvalue weighted by atomic mass is 9.70. The maximum atomic E-state index is 14.2. The van der Waals surface area contributed by atoms with Crippen molar-refractivity contribution < 1.29 is 17.6 Å². The van der Waals surface area contributed by atoms with Crippen LogP contribution in [-0.2, 0) is 21.0 Å². The van der Waals surface area contributed by atoms with Gasteiger partial charge in [-0.15, -0.1) is 0 Å². The number of hydrogen-bond donors (Lipinski definition) is 1. The molecule has 2 aliphatic heterocycles. The van der Waals surface area contributed by atoms with Gasteiger partial charge in [0.05, 0.1) is 22.2 Å². The molecular formula is C31H30ClFN2O3S2. The number of nitrogens with one attached hydrogen (secondary N) is 1. The number of sulfonamides is 1. The van der Waals surface area contributed by atoms with Crippen LogP contribution in [0.4, 0.5) is 10.1 Å². The topological polar surface area (TPSA) is 66.5 Å². The summed E-state index contributed by atoms with van der Waals surface area (Å²) in [6.45, 7) is 0. The van der Waals surface area contributed by atoms with Crippen LogP contribution >= 0.6 is 23.4 Å². The van der Waals surface area contributed by atoms with Gasteiger partial charge in [0.1, 0.15) is 5.82 Å². The van der Waals surface area contributed by atoms with E-state index in [-0.39, 0.29) is 28.2 Å². The number of halogens is 2. The Kier molecular flexibility index (Phi) is 6.26. The molecule has 2 aliphatic carbocycles. The van der Waals surface area contributed by atoms with Gasteiger partial charge in [-0.1, -0.05) is 29.8 Å². The van der Waals surface area contributed by atoms with Crippen molar-refractivity contribution in [3.05, 3.63) is 94.3 Å². The molecule has 208 valence electrons. The highest BCUT2D eigenvalue weighted by atomic mass is 35.5. The van der Waals surface area contributed by atoms with Crippen LogP contribution in [0.2, 0.25) is 5.02 Å². The quantitative estimate of drug-likeness (QED) is 0.346. The molecule has 9 heteroatoms. The fourth-order valence-electron chi connectivity index (χ4n) is 6.88. The number of fused-ring (bicyclic) bond motifs is 2. The average molecular weight is 597 g/mol. The van der Waals surface area contributed by atoms with Crippen LogP contribution in [0.5, 0.6) is 0 Å². The normalized spacial score (nSPS) is 22.6. The number of benzene rings is 3. The zero-order valence-corrected chi connectivity index (χ0v) is 24.3. The first-order valence-electron chi connectivity index (χ1n) is 13.9. The maximum absolute atomic E-state index is 14.2. The summed E-state index contributed by atoms with van der Waals surface area (Å²) in [5.74, 6) is 1.50. The molecule has 3 aromatic carbocycles. The van der Waals surface area contributed by atoms with Crippen molar-refractivity contribution >= 4 is 45.0 Å².